The van der Waals surface area contributed by atoms with Gasteiger partial charge in [0, 0.05) is 24.2 Å². The SMILES string of the molecule is C[C@@H]1CC[C@H](COc2cccc(C(F)(F)F)c2)CN1C=O.Nc1ccc2c(n1)CCCCC2. The number of amides is 1. The number of alkyl halides is 3. The Hall–Kier alpha value is -2.77. The van der Waals surface area contributed by atoms with Crippen molar-refractivity contribution in [3.05, 3.63) is 53.2 Å². The normalized spacial score (nSPS) is 20.7. The van der Waals surface area contributed by atoms with Crippen molar-refractivity contribution in [3.8, 4) is 5.75 Å². The second-order valence-corrected chi connectivity index (χ2v) is 8.83. The number of aryl methyl sites for hydroxylation is 2. The van der Waals surface area contributed by atoms with E-state index in [1.165, 1.54) is 49.1 Å². The molecular weight excluding hydrogens is 431 g/mol. The number of halogens is 3. The molecule has 180 valence electrons. The molecule has 1 aliphatic heterocycles. The van der Waals surface area contributed by atoms with Crippen LogP contribution in [0.1, 0.15) is 55.8 Å². The van der Waals surface area contributed by atoms with Gasteiger partial charge in [-0.05, 0) is 75.3 Å². The monoisotopic (exact) mass is 463 g/mol. The topological polar surface area (TPSA) is 68.5 Å². The molecule has 1 aliphatic carbocycles. The largest absolute Gasteiger partial charge is 0.493 e. The van der Waals surface area contributed by atoms with Gasteiger partial charge in [0.25, 0.3) is 0 Å². The summed E-state index contributed by atoms with van der Waals surface area (Å²) in [6.45, 7) is 2.89. The fourth-order valence-electron chi connectivity index (χ4n) is 4.25. The minimum Gasteiger partial charge on any atom is -0.493 e. The molecule has 2 aliphatic rings. The quantitative estimate of drug-likeness (QED) is 0.495. The van der Waals surface area contributed by atoms with Crippen LogP contribution in [0.3, 0.4) is 0 Å². The van der Waals surface area contributed by atoms with Gasteiger partial charge in [-0.2, -0.15) is 13.2 Å². The summed E-state index contributed by atoms with van der Waals surface area (Å²) in [5, 5.41) is 0. The maximum absolute atomic E-state index is 12.6. The smallest absolute Gasteiger partial charge is 0.416 e. The Kier molecular flexibility index (Phi) is 8.58. The molecule has 1 fully saturated rings. The van der Waals surface area contributed by atoms with Gasteiger partial charge in [0.1, 0.15) is 11.6 Å². The zero-order valence-corrected chi connectivity index (χ0v) is 19.0. The van der Waals surface area contributed by atoms with Crippen molar-refractivity contribution in [3.63, 3.8) is 0 Å². The number of likely N-dealkylation sites (tertiary alicyclic amines) is 1. The van der Waals surface area contributed by atoms with E-state index in [-0.39, 0.29) is 17.7 Å². The van der Waals surface area contributed by atoms with Crippen LogP contribution in [0.25, 0.3) is 0 Å². The van der Waals surface area contributed by atoms with Crippen molar-refractivity contribution in [2.45, 2.75) is 64.1 Å². The third-order valence-corrected chi connectivity index (χ3v) is 6.26. The van der Waals surface area contributed by atoms with Crippen LogP contribution in [0.15, 0.2) is 36.4 Å². The maximum Gasteiger partial charge on any atom is 0.416 e. The predicted octanol–water partition coefficient (Wildman–Crippen LogP) is 5.27. The third kappa shape index (κ3) is 7.37. The number of rotatable bonds is 4. The van der Waals surface area contributed by atoms with Gasteiger partial charge in [-0.3, -0.25) is 4.79 Å². The molecule has 2 N–H and O–H groups in total. The summed E-state index contributed by atoms with van der Waals surface area (Å²) in [4.78, 5) is 17.0. The number of hydrogen-bond acceptors (Lipinski definition) is 4. The number of anilines is 1. The van der Waals surface area contributed by atoms with Crippen LogP contribution in [0.4, 0.5) is 19.0 Å². The molecule has 2 heterocycles. The molecule has 0 saturated carbocycles. The van der Waals surface area contributed by atoms with E-state index in [2.05, 4.69) is 11.1 Å². The molecule has 0 spiro atoms. The molecule has 2 atom stereocenters. The van der Waals surface area contributed by atoms with E-state index in [0.29, 0.717) is 19.0 Å². The highest BCUT2D eigenvalue weighted by atomic mass is 19.4. The summed E-state index contributed by atoms with van der Waals surface area (Å²) < 4.78 is 43.3. The fourth-order valence-corrected chi connectivity index (χ4v) is 4.25. The van der Waals surface area contributed by atoms with Crippen LogP contribution in [-0.2, 0) is 23.8 Å². The number of fused-ring (bicyclic) bond motifs is 1. The minimum atomic E-state index is -4.37. The number of nitrogen functional groups attached to an aromatic ring is 1. The molecule has 0 bridgehead atoms. The summed E-state index contributed by atoms with van der Waals surface area (Å²) in [5.41, 5.74) is 7.54. The number of hydrogen-bond donors (Lipinski definition) is 1. The van der Waals surface area contributed by atoms with E-state index >= 15 is 0 Å². The minimum absolute atomic E-state index is 0.154. The number of carbonyl (C=O) groups excluding carboxylic acids is 1. The molecule has 33 heavy (non-hydrogen) atoms. The molecule has 1 aromatic heterocycles. The average molecular weight is 464 g/mol. The van der Waals surface area contributed by atoms with E-state index in [0.717, 1.165) is 37.8 Å². The summed E-state index contributed by atoms with van der Waals surface area (Å²) in [6.07, 6.45) is 4.44. The van der Waals surface area contributed by atoms with Crippen LogP contribution < -0.4 is 10.5 Å². The lowest BCUT2D eigenvalue weighted by molar-refractivity contribution is -0.137. The Balaban J connectivity index is 0.000000215. The van der Waals surface area contributed by atoms with E-state index in [1.807, 2.05) is 13.0 Å². The maximum atomic E-state index is 12.6. The van der Waals surface area contributed by atoms with Crippen molar-refractivity contribution < 1.29 is 22.7 Å². The van der Waals surface area contributed by atoms with Gasteiger partial charge in [-0.15, -0.1) is 0 Å². The van der Waals surface area contributed by atoms with Crippen LogP contribution in [0.2, 0.25) is 0 Å². The van der Waals surface area contributed by atoms with Crippen molar-refractivity contribution in [1.29, 1.82) is 0 Å². The molecular formula is C25H32F3N3O2. The lowest BCUT2D eigenvalue weighted by Gasteiger charge is -2.35. The van der Waals surface area contributed by atoms with E-state index < -0.39 is 11.7 Å². The van der Waals surface area contributed by atoms with Crippen molar-refractivity contribution in [2.24, 2.45) is 5.92 Å². The number of ether oxygens (including phenoxy) is 1. The predicted molar refractivity (Wildman–Crippen MR) is 122 cm³/mol. The molecule has 8 heteroatoms. The number of aromatic nitrogens is 1. The zero-order chi connectivity index (χ0) is 23.8. The zero-order valence-electron chi connectivity index (χ0n) is 19.0. The van der Waals surface area contributed by atoms with Gasteiger partial charge in [-0.1, -0.05) is 18.6 Å². The molecule has 5 nitrogen and oxygen atoms in total. The van der Waals surface area contributed by atoms with Crippen molar-refractivity contribution in [2.75, 3.05) is 18.9 Å². The summed E-state index contributed by atoms with van der Waals surface area (Å²) in [5.74, 6) is 1.03. The number of benzene rings is 1. The van der Waals surface area contributed by atoms with E-state index in [9.17, 15) is 18.0 Å². The Labute approximate surface area is 193 Å². The highest BCUT2D eigenvalue weighted by Crippen LogP contribution is 2.31. The number of carbonyl (C=O) groups is 1. The van der Waals surface area contributed by atoms with Crippen LogP contribution in [-0.4, -0.2) is 35.5 Å². The lowest BCUT2D eigenvalue weighted by Crippen LogP contribution is -2.42. The van der Waals surface area contributed by atoms with Gasteiger partial charge in [0.2, 0.25) is 6.41 Å². The summed E-state index contributed by atoms with van der Waals surface area (Å²) in [6, 6.07) is 9.11. The molecule has 1 amide bonds. The Bertz CT molecular complexity index is 920. The standard InChI is InChI=1S/C15H18F3NO2.C10H14N2/c1-11-5-6-12(8-19(11)10-20)9-21-14-4-2-3-13(7-14)15(16,17)18;11-10-7-6-8-4-2-1-3-5-9(8)12-10/h2-4,7,10-12H,5-6,8-9H2,1H3;6-7H,1-5H2,(H2,11,12)/t11-,12+;/m1./s1. The summed E-state index contributed by atoms with van der Waals surface area (Å²) in [7, 11) is 0. The number of piperidine rings is 1. The summed E-state index contributed by atoms with van der Waals surface area (Å²) >= 11 is 0. The van der Waals surface area contributed by atoms with Gasteiger partial charge in [-0.25, -0.2) is 4.98 Å². The average Bonchev–Trinajstić information content (AvgIpc) is 3.03. The Morgan fingerprint density at radius 1 is 1.15 bits per heavy atom. The number of pyridine rings is 1. The van der Waals surface area contributed by atoms with Crippen molar-refractivity contribution >= 4 is 12.2 Å². The number of nitrogens with two attached hydrogens (primary N) is 1. The third-order valence-electron chi connectivity index (χ3n) is 6.26. The number of nitrogens with zero attached hydrogens (tertiary/aromatic N) is 2. The first-order valence-electron chi connectivity index (χ1n) is 11.5. The first kappa shape index (κ1) is 24.9. The second-order valence-electron chi connectivity index (χ2n) is 8.83. The fraction of sp³-hybridized carbons (Fsp3) is 0.520. The Morgan fingerprint density at radius 3 is 2.70 bits per heavy atom. The molecule has 1 aromatic carbocycles. The molecule has 0 radical (unpaired) electrons. The Morgan fingerprint density at radius 2 is 1.94 bits per heavy atom. The second kappa shape index (κ2) is 11.4. The lowest BCUT2D eigenvalue weighted by atomic mass is 9.95. The van der Waals surface area contributed by atoms with Crippen LogP contribution in [0, 0.1) is 5.92 Å². The van der Waals surface area contributed by atoms with E-state index in [4.69, 9.17) is 10.5 Å². The molecule has 0 unspecified atom stereocenters. The first-order valence-corrected chi connectivity index (χ1v) is 11.5. The molecule has 4 rings (SSSR count). The molecule has 1 saturated heterocycles. The van der Waals surface area contributed by atoms with Crippen molar-refractivity contribution in [1.82, 2.24) is 9.88 Å². The van der Waals surface area contributed by atoms with Crippen LogP contribution >= 0.6 is 0 Å². The highest BCUT2D eigenvalue weighted by molar-refractivity contribution is 5.48. The first-order chi connectivity index (χ1) is 15.8. The van der Waals surface area contributed by atoms with Gasteiger partial charge >= 0.3 is 6.18 Å². The van der Waals surface area contributed by atoms with Gasteiger partial charge in [0.05, 0.1) is 12.2 Å². The van der Waals surface area contributed by atoms with E-state index in [1.54, 1.807) is 4.90 Å². The highest BCUT2D eigenvalue weighted by Gasteiger charge is 2.31. The van der Waals surface area contributed by atoms with Gasteiger partial charge in [0.15, 0.2) is 0 Å². The van der Waals surface area contributed by atoms with Crippen LogP contribution in [0.5, 0.6) is 5.75 Å². The molecule has 2 aromatic rings. The van der Waals surface area contributed by atoms with Gasteiger partial charge < -0.3 is 15.4 Å².